The van der Waals surface area contributed by atoms with Crippen LogP contribution in [-0.4, -0.2) is 12.1 Å². The summed E-state index contributed by atoms with van der Waals surface area (Å²) in [5, 5.41) is 3.69. The monoisotopic (exact) mass is 275 g/mol. The summed E-state index contributed by atoms with van der Waals surface area (Å²) in [6.45, 7) is 15.5. The van der Waals surface area contributed by atoms with Crippen LogP contribution in [0.5, 0.6) is 5.75 Å². The molecule has 2 unspecified atom stereocenters. The predicted molar refractivity (Wildman–Crippen MR) is 85.6 cm³/mol. The van der Waals surface area contributed by atoms with E-state index in [-0.39, 0.29) is 11.5 Å². The van der Waals surface area contributed by atoms with Gasteiger partial charge in [-0.05, 0) is 19.3 Å². The normalized spacial score (nSPS) is 22.6. The van der Waals surface area contributed by atoms with Gasteiger partial charge in [0.15, 0.2) is 0 Å². The van der Waals surface area contributed by atoms with E-state index in [1.165, 1.54) is 16.7 Å². The molecule has 2 rings (SSSR count). The van der Waals surface area contributed by atoms with E-state index in [2.05, 4.69) is 65.9 Å². The molecule has 0 fully saturated rings. The lowest BCUT2D eigenvalue weighted by Crippen LogP contribution is -2.36. The summed E-state index contributed by atoms with van der Waals surface area (Å²) in [5.74, 6) is 1.11. The van der Waals surface area contributed by atoms with Crippen molar-refractivity contribution < 1.29 is 4.74 Å². The molecule has 20 heavy (non-hydrogen) atoms. The van der Waals surface area contributed by atoms with Gasteiger partial charge in [0.25, 0.3) is 0 Å². The average molecular weight is 275 g/mol. The molecule has 1 aliphatic heterocycles. The Morgan fingerprint density at radius 1 is 1.25 bits per heavy atom. The molecule has 2 heteroatoms. The van der Waals surface area contributed by atoms with Gasteiger partial charge in [-0.3, -0.25) is 0 Å². The molecule has 0 bridgehead atoms. The molecule has 1 heterocycles. The summed E-state index contributed by atoms with van der Waals surface area (Å²) in [4.78, 5) is 0. The minimum absolute atomic E-state index is 0.107. The van der Waals surface area contributed by atoms with Crippen LogP contribution in [-0.2, 0) is 5.41 Å². The Morgan fingerprint density at radius 2 is 1.90 bits per heavy atom. The van der Waals surface area contributed by atoms with Gasteiger partial charge in [0.05, 0.1) is 6.10 Å². The molecule has 0 radical (unpaired) electrons. The van der Waals surface area contributed by atoms with Crippen molar-refractivity contribution >= 4 is 0 Å². The number of aryl methyl sites for hydroxylation is 1. The van der Waals surface area contributed by atoms with E-state index >= 15 is 0 Å². The second-order valence-corrected chi connectivity index (χ2v) is 7.52. The standard InChI is InChI=1S/C18H29NO/c1-11(2)19-16-10-13(4)20-17-14(16)8-12(3)9-15(17)18(5,6)7/h8-9,11,13,16,19H,10H2,1-7H3. The number of rotatable bonds is 2. The molecule has 0 aliphatic carbocycles. The van der Waals surface area contributed by atoms with Crippen molar-refractivity contribution in [2.24, 2.45) is 0 Å². The second-order valence-electron chi connectivity index (χ2n) is 7.52. The SMILES string of the molecule is Cc1cc2c(c(C(C)(C)C)c1)OC(C)CC2NC(C)C. The smallest absolute Gasteiger partial charge is 0.128 e. The van der Waals surface area contributed by atoms with Gasteiger partial charge < -0.3 is 10.1 Å². The third-order valence-corrected chi connectivity index (χ3v) is 3.87. The summed E-state index contributed by atoms with van der Waals surface area (Å²) in [7, 11) is 0. The lowest BCUT2D eigenvalue weighted by Gasteiger charge is -2.36. The van der Waals surface area contributed by atoms with Gasteiger partial charge in [-0.15, -0.1) is 0 Å². The number of hydrogen-bond donors (Lipinski definition) is 1. The minimum Gasteiger partial charge on any atom is -0.490 e. The molecule has 0 spiro atoms. The average Bonchev–Trinajstić information content (AvgIpc) is 2.27. The first kappa shape index (κ1) is 15.4. The Hall–Kier alpha value is -1.02. The molecule has 1 aromatic carbocycles. The minimum atomic E-state index is 0.107. The Balaban J connectivity index is 2.54. The van der Waals surface area contributed by atoms with Crippen LogP contribution in [0.3, 0.4) is 0 Å². The van der Waals surface area contributed by atoms with Crippen LogP contribution >= 0.6 is 0 Å². The van der Waals surface area contributed by atoms with Crippen LogP contribution in [0.4, 0.5) is 0 Å². The van der Waals surface area contributed by atoms with Crippen molar-refractivity contribution in [1.29, 1.82) is 0 Å². The van der Waals surface area contributed by atoms with Gasteiger partial charge in [0.2, 0.25) is 0 Å². The van der Waals surface area contributed by atoms with Crippen molar-refractivity contribution in [2.75, 3.05) is 0 Å². The van der Waals surface area contributed by atoms with E-state index in [9.17, 15) is 0 Å². The number of benzene rings is 1. The van der Waals surface area contributed by atoms with Crippen LogP contribution in [0.25, 0.3) is 0 Å². The van der Waals surface area contributed by atoms with Crippen molar-refractivity contribution in [3.8, 4) is 5.75 Å². The van der Waals surface area contributed by atoms with Gasteiger partial charge in [0.1, 0.15) is 5.75 Å². The summed E-state index contributed by atoms with van der Waals surface area (Å²) in [6, 6.07) is 5.45. The lowest BCUT2D eigenvalue weighted by atomic mass is 9.81. The maximum Gasteiger partial charge on any atom is 0.128 e. The largest absolute Gasteiger partial charge is 0.490 e. The van der Waals surface area contributed by atoms with Gasteiger partial charge in [-0.1, -0.05) is 52.3 Å². The lowest BCUT2D eigenvalue weighted by molar-refractivity contribution is 0.159. The zero-order valence-corrected chi connectivity index (χ0v) is 14.0. The maximum absolute atomic E-state index is 6.22. The maximum atomic E-state index is 6.22. The van der Waals surface area contributed by atoms with Gasteiger partial charge in [-0.2, -0.15) is 0 Å². The van der Waals surface area contributed by atoms with Gasteiger partial charge in [0, 0.05) is 29.6 Å². The van der Waals surface area contributed by atoms with Crippen LogP contribution in [0.1, 0.15) is 70.7 Å². The highest BCUT2D eigenvalue weighted by Crippen LogP contribution is 2.42. The molecule has 112 valence electrons. The molecule has 1 aromatic rings. The predicted octanol–water partition coefficient (Wildman–Crippen LogP) is 4.50. The highest BCUT2D eigenvalue weighted by molar-refractivity contribution is 5.50. The van der Waals surface area contributed by atoms with E-state index in [0.29, 0.717) is 12.1 Å². The Labute approximate surface area is 123 Å². The zero-order valence-electron chi connectivity index (χ0n) is 14.0. The zero-order chi connectivity index (χ0) is 15.1. The molecular formula is C18H29NO. The van der Waals surface area contributed by atoms with Crippen LogP contribution in [0.2, 0.25) is 0 Å². The number of ether oxygens (including phenoxy) is 1. The number of hydrogen-bond acceptors (Lipinski definition) is 2. The molecule has 0 saturated carbocycles. The second kappa shape index (κ2) is 5.40. The molecule has 1 aliphatic rings. The van der Waals surface area contributed by atoms with E-state index in [0.717, 1.165) is 12.2 Å². The quantitative estimate of drug-likeness (QED) is 0.858. The van der Waals surface area contributed by atoms with E-state index < -0.39 is 0 Å². The summed E-state index contributed by atoms with van der Waals surface area (Å²) >= 11 is 0. The van der Waals surface area contributed by atoms with Crippen molar-refractivity contribution in [3.05, 3.63) is 28.8 Å². The van der Waals surface area contributed by atoms with E-state index in [1.54, 1.807) is 0 Å². The molecule has 2 nitrogen and oxygen atoms in total. The fourth-order valence-electron chi connectivity index (χ4n) is 3.02. The molecule has 1 N–H and O–H groups in total. The van der Waals surface area contributed by atoms with E-state index in [4.69, 9.17) is 4.74 Å². The van der Waals surface area contributed by atoms with Crippen molar-refractivity contribution in [3.63, 3.8) is 0 Å². The molecule has 0 amide bonds. The first-order valence-corrected chi connectivity index (χ1v) is 7.76. The summed E-state index contributed by atoms with van der Waals surface area (Å²) in [6.07, 6.45) is 1.31. The molecule has 0 aromatic heterocycles. The summed E-state index contributed by atoms with van der Waals surface area (Å²) in [5.41, 5.74) is 4.09. The first-order valence-electron chi connectivity index (χ1n) is 7.76. The number of fused-ring (bicyclic) bond motifs is 1. The third kappa shape index (κ3) is 3.17. The summed E-state index contributed by atoms with van der Waals surface area (Å²) < 4.78 is 6.22. The van der Waals surface area contributed by atoms with Gasteiger partial charge >= 0.3 is 0 Å². The fraction of sp³-hybridized carbons (Fsp3) is 0.667. The Kier molecular flexibility index (Phi) is 4.15. The Morgan fingerprint density at radius 3 is 2.45 bits per heavy atom. The number of nitrogens with one attached hydrogen (secondary N) is 1. The van der Waals surface area contributed by atoms with Crippen molar-refractivity contribution in [2.45, 2.75) is 78.5 Å². The highest BCUT2D eigenvalue weighted by atomic mass is 16.5. The highest BCUT2D eigenvalue weighted by Gasteiger charge is 2.31. The van der Waals surface area contributed by atoms with Crippen LogP contribution in [0, 0.1) is 6.92 Å². The molecule has 2 atom stereocenters. The van der Waals surface area contributed by atoms with Crippen LogP contribution < -0.4 is 10.1 Å². The van der Waals surface area contributed by atoms with Crippen LogP contribution in [0.15, 0.2) is 12.1 Å². The fourth-order valence-corrected chi connectivity index (χ4v) is 3.02. The first-order chi connectivity index (χ1) is 9.18. The molecule has 0 saturated heterocycles. The Bertz CT molecular complexity index is 485. The third-order valence-electron chi connectivity index (χ3n) is 3.87. The van der Waals surface area contributed by atoms with Crippen molar-refractivity contribution in [1.82, 2.24) is 5.32 Å². The molecular weight excluding hydrogens is 246 g/mol. The van der Waals surface area contributed by atoms with E-state index in [1.807, 2.05) is 0 Å². The topological polar surface area (TPSA) is 21.3 Å². The van der Waals surface area contributed by atoms with Gasteiger partial charge in [-0.25, -0.2) is 0 Å².